The molecule has 2 heterocycles. The number of hydrogen-bond donors (Lipinski definition) is 1. The van der Waals surface area contributed by atoms with E-state index in [1.807, 2.05) is 5.38 Å². The Balaban J connectivity index is 1.64. The number of aromatic nitrogens is 2. The second-order valence-electron chi connectivity index (χ2n) is 5.75. The third kappa shape index (κ3) is 3.63. The van der Waals surface area contributed by atoms with Crippen molar-refractivity contribution in [3.8, 4) is 11.3 Å². The van der Waals surface area contributed by atoms with Gasteiger partial charge in [0.25, 0.3) is 0 Å². The first kappa shape index (κ1) is 17.1. The molecule has 0 aliphatic rings. The number of fused-ring (bicyclic) bond motifs is 1. The van der Waals surface area contributed by atoms with Gasteiger partial charge < -0.3 is 5.32 Å². The number of rotatable bonds is 4. The number of nitrogens with one attached hydrogen (secondary N) is 1. The van der Waals surface area contributed by atoms with Crippen molar-refractivity contribution in [2.45, 2.75) is 0 Å². The molecule has 0 fully saturated rings. The van der Waals surface area contributed by atoms with Crippen LogP contribution in [0.5, 0.6) is 0 Å². The van der Waals surface area contributed by atoms with Crippen LogP contribution >= 0.6 is 11.3 Å². The number of nitrogens with zero attached hydrogens (tertiary/aromatic N) is 2. The maximum Gasteiger partial charge on any atom is 0.249 e. The van der Waals surface area contributed by atoms with Crippen molar-refractivity contribution in [3.05, 3.63) is 83.4 Å². The largest absolute Gasteiger partial charge is 0.306 e. The molecule has 4 nitrogen and oxygen atoms in total. The van der Waals surface area contributed by atoms with E-state index in [-0.39, 0.29) is 17.5 Å². The van der Waals surface area contributed by atoms with E-state index < -0.39 is 0 Å². The smallest absolute Gasteiger partial charge is 0.249 e. The number of carbonyl (C=O) groups is 1. The molecule has 4 aromatic rings. The Kier molecular flexibility index (Phi) is 4.52. The summed E-state index contributed by atoms with van der Waals surface area (Å²) in [4.78, 5) is 17.6. The fraction of sp³-hybridized carbons (Fsp3) is 0. The monoisotopic (exact) mass is 381 g/mol. The maximum atomic E-state index is 13.2. The summed E-state index contributed by atoms with van der Waals surface area (Å²) in [5.41, 5.74) is 1.82. The first-order valence-electron chi connectivity index (χ1n) is 8.06. The molecule has 0 aliphatic carbocycles. The van der Waals surface area contributed by atoms with Crippen molar-refractivity contribution >= 4 is 34.1 Å². The number of benzene rings is 2. The van der Waals surface area contributed by atoms with E-state index in [9.17, 15) is 13.6 Å². The van der Waals surface area contributed by atoms with Crippen molar-refractivity contribution in [1.82, 2.24) is 9.38 Å². The van der Waals surface area contributed by atoms with Gasteiger partial charge in [0.05, 0.1) is 0 Å². The number of imidazole rings is 1. The fourth-order valence-electron chi connectivity index (χ4n) is 2.65. The molecule has 0 aliphatic heterocycles. The minimum absolute atomic E-state index is 0.344. The highest BCUT2D eigenvalue weighted by molar-refractivity contribution is 7.15. The average Bonchev–Trinajstić information content (AvgIpc) is 3.24. The van der Waals surface area contributed by atoms with E-state index in [4.69, 9.17) is 0 Å². The van der Waals surface area contributed by atoms with Gasteiger partial charge in [0.1, 0.15) is 23.1 Å². The summed E-state index contributed by atoms with van der Waals surface area (Å²) in [5.74, 6) is -0.599. The summed E-state index contributed by atoms with van der Waals surface area (Å²) in [6.07, 6.45) is 4.66. The summed E-state index contributed by atoms with van der Waals surface area (Å²) in [6.45, 7) is 0. The summed E-state index contributed by atoms with van der Waals surface area (Å²) >= 11 is 1.43. The lowest BCUT2D eigenvalue weighted by Crippen LogP contribution is -2.10. The third-order valence-electron chi connectivity index (χ3n) is 3.90. The molecular weight excluding hydrogens is 368 g/mol. The quantitative estimate of drug-likeness (QED) is 0.506. The number of thiazole rings is 1. The highest BCUT2D eigenvalue weighted by Crippen LogP contribution is 2.30. The van der Waals surface area contributed by atoms with Crippen LogP contribution in [-0.4, -0.2) is 15.3 Å². The Labute approximate surface area is 157 Å². The molecule has 1 amide bonds. The SMILES string of the molecule is O=C(/C=C/c1cccc(F)c1)Nc1c(-c2ccc(F)cc2)nc2sccn12. The predicted octanol–water partition coefficient (Wildman–Crippen LogP) is 4.99. The molecule has 0 saturated heterocycles. The van der Waals surface area contributed by atoms with Crippen LogP contribution in [0.3, 0.4) is 0 Å². The lowest BCUT2D eigenvalue weighted by Gasteiger charge is -2.05. The standard InChI is InChI=1S/C20H13F2N3OS/c21-15-7-5-14(6-8-15)18-19(25-10-11-27-20(25)24-18)23-17(26)9-4-13-2-1-3-16(22)12-13/h1-12H,(H,23,26)/b9-4+. The number of anilines is 1. The summed E-state index contributed by atoms with van der Waals surface area (Å²) < 4.78 is 28.2. The van der Waals surface area contributed by atoms with Gasteiger partial charge in [-0.2, -0.15) is 0 Å². The summed E-state index contributed by atoms with van der Waals surface area (Å²) in [7, 11) is 0. The normalized spacial score (nSPS) is 11.3. The lowest BCUT2D eigenvalue weighted by molar-refractivity contribution is -0.111. The van der Waals surface area contributed by atoms with Gasteiger partial charge in [0.15, 0.2) is 4.96 Å². The molecule has 2 aromatic carbocycles. The minimum atomic E-state index is -0.379. The van der Waals surface area contributed by atoms with E-state index >= 15 is 0 Å². The third-order valence-corrected chi connectivity index (χ3v) is 4.65. The Bertz CT molecular complexity index is 1150. The van der Waals surface area contributed by atoms with Gasteiger partial charge in [0, 0.05) is 23.2 Å². The van der Waals surface area contributed by atoms with Crippen molar-refractivity contribution in [2.75, 3.05) is 5.32 Å². The number of amides is 1. The van der Waals surface area contributed by atoms with Crippen LogP contribution in [0.25, 0.3) is 22.3 Å². The molecule has 2 aromatic heterocycles. The van der Waals surface area contributed by atoms with Gasteiger partial charge in [0.2, 0.25) is 5.91 Å². The molecule has 0 unspecified atom stereocenters. The minimum Gasteiger partial charge on any atom is -0.306 e. The zero-order chi connectivity index (χ0) is 18.8. The summed E-state index contributed by atoms with van der Waals surface area (Å²) in [5, 5.41) is 4.67. The number of halogens is 2. The molecular formula is C20H13F2N3OS. The molecule has 0 spiro atoms. The molecule has 1 N–H and O–H groups in total. The van der Waals surface area contributed by atoms with Gasteiger partial charge >= 0.3 is 0 Å². The van der Waals surface area contributed by atoms with Crippen LogP contribution in [0, 0.1) is 11.6 Å². The topological polar surface area (TPSA) is 46.4 Å². The fourth-order valence-corrected chi connectivity index (χ4v) is 3.37. The second-order valence-corrected chi connectivity index (χ2v) is 6.62. The lowest BCUT2D eigenvalue weighted by atomic mass is 10.1. The van der Waals surface area contributed by atoms with Crippen molar-refractivity contribution in [2.24, 2.45) is 0 Å². The second kappa shape index (κ2) is 7.13. The van der Waals surface area contributed by atoms with Crippen LogP contribution in [0.15, 0.2) is 66.2 Å². The van der Waals surface area contributed by atoms with E-state index in [1.165, 1.54) is 47.8 Å². The number of carbonyl (C=O) groups excluding carboxylic acids is 1. The first-order valence-corrected chi connectivity index (χ1v) is 8.94. The van der Waals surface area contributed by atoms with Crippen molar-refractivity contribution in [1.29, 1.82) is 0 Å². The molecule has 27 heavy (non-hydrogen) atoms. The average molecular weight is 381 g/mol. The Hall–Kier alpha value is -3.32. The van der Waals surface area contributed by atoms with E-state index in [1.54, 1.807) is 34.9 Å². The predicted molar refractivity (Wildman–Crippen MR) is 103 cm³/mol. The Morgan fingerprint density at radius 2 is 1.93 bits per heavy atom. The van der Waals surface area contributed by atoms with Gasteiger partial charge in [-0.15, -0.1) is 11.3 Å². The highest BCUT2D eigenvalue weighted by Gasteiger charge is 2.16. The van der Waals surface area contributed by atoms with E-state index in [0.29, 0.717) is 27.6 Å². The Morgan fingerprint density at radius 3 is 2.70 bits per heavy atom. The molecule has 4 rings (SSSR count). The van der Waals surface area contributed by atoms with Crippen molar-refractivity contribution < 1.29 is 13.6 Å². The van der Waals surface area contributed by atoms with Crippen molar-refractivity contribution in [3.63, 3.8) is 0 Å². The molecule has 0 bridgehead atoms. The van der Waals surface area contributed by atoms with Crippen LogP contribution in [0.4, 0.5) is 14.6 Å². The molecule has 0 saturated carbocycles. The zero-order valence-electron chi connectivity index (χ0n) is 13.9. The van der Waals surface area contributed by atoms with Gasteiger partial charge in [-0.1, -0.05) is 12.1 Å². The molecule has 7 heteroatoms. The van der Waals surface area contributed by atoms with Crippen LogP contribution in [0.2, 0.25) is 0 Å². The maximum absolute atomic E-state index is 13.2. The van der Waals surface area contributed by atoms with Gasteiger partial charge in [-0.25, -0.2) is 13.8 Å². The van der Waals surface area contributed by atoms with Gasteiger partial charge in [-0.05, 0) is 48.0 Å². The number of hydrogen-bond acceptors (Lipinski definition) is 3. The molecule has 134 valence electrons. The van der Waals surface area contributed by atoms with Crippen LogP contribution < -0.4 is 5.32 Å². The van der Waals surface area contributed by atoms with Crippen LogP contribution in [0.1, 0.15) is 5.56 Å². The highest BCUT2D eigenvalue weighted by atomic mass is 32.1. The van der Waals surface area contributed by atoms with Gasteiger partial charge in [-0.3, -0.25) is 9.20 Å². The zero-order valence-corrected chi connectivity index (χ0v) is 14.7. The van der Waals surface area contributed by atoms with E-state index in [0.717, 1.165) is 0 Å². The molecule has 0 atom stereocenters. The first-order chi connectivity index (χ1) is 13.1. The summed E-state index contributed by atoms with van der Waals surface area (Å²) in [6, 6.07) is 11.9. The van der Waals surface area contributed by atoms with E-state index in [2.05, 4.69) is 10.3 Å². The molecule has 0 radical (unpaired) electrons. The van der Waals surface area contributed by atoms with Crippen LogP contribution in [-0.2, 0) is 4.79 Å². The Morgan fingerprint density at radius 1 is 1.11 bits per heavy atom.